The van der Waals surface area contributed by atoms with Crippen LogP contribution in [0, 0.1) is 0 Å². The number of hydrogen-bond acceptors (Lipinski definition) is 4. The highest BCUT2D eigenvalue weighted by atomic mass is 35.5. The van der Waals surface area contributed by atoms with Crippen LogP contribution in [0.5, 0.6) is 0 Å². The molecule has 3 aromatic carbocycles. The van der Waals surface area contributed by atoms with Gasteiger partial charge in [-0.25, -0.2) is 0 Å². The lowest BCUT2D eigenvalue weighted by Crippen LogP contribution is -2.11. The van der Waals surface area contributed by atoms with Crippen molar-refractivity contribution in [3.63, 3.8) is 0 Å². The molecule has 0 spiro atoms. The molecule has 2 heterocycles. The summed E-state index contributed by atoms with van der Waals surface area (Å²) in [5.74, 6) is 1.67. The molecule has 5 nitrogen and oxygen atoms in total. The molecule has 0 amide bonds. The summed E-state index contributed by atoms with van der Waals surface area (Å²) in [6.45, 7) is 1.59. The summed E-state index contributed by atoms with van der Waals surface area (Å²) >= 11 is 6.37. The highest BCUT2D eigenvalue weighted by Gasteiger charge is 2.23. The molecule has 6 heteroatoms. The van der Waals surface area contributed by atoms with Gasteiger partial charge in [0.1, 0.15) is 12.4 Å². The van der Waals surface area contributed by atoms with E-state index in [-0.39, 0.29) is 0 Å². The van der Waals surface area contributed by atoms with E-state index in [0.717, 1.165) is 39.7 Å². The van der Waals surface area contributed by atoms with E-state index in [9.17, 15) is 0 Å². The van der Waals surface area contributed by atoms with Crippen LogP contribution in [-0.2, 0) is 24.3 Å². The Morgan fingerprint density at radius 3 is 2.48 bits per heavy atom. The molecule has 5 rings (SSSR count). The maximum Gasteiger partial charge on any atom is 0.159 e. The van der Waals surface area contributed by atoms with Crippen molar-refractivity contribution >= 4 is 17.3 Å². The number of fused-ring (bicyclic) bond motifs is 3. The molecule has 1 aliphatic heterocycles. The van der Waals surface area contributed by atoms with E-state index in [1.54, 1.807) is 0 Å². The van der Waals surface area contributed by atoms with Crippen molar-refractivity contribution in [1.29, 1.82) is 0 Å². The SMILES string of the molecule is Clc1ccc2c(c1)C(c1ccccc1)=NCc1nnc(CCOCc3ccccc3)n1-2. The third-order valence-electron chi connectivity index (χ3n) is 5.26. The second kappa shape index (κ2) is 8.84. The number of rotatable bonds is 6. The Labute approximate surface area is 186 Å². The van der Waals surface area contributed by atoms with Crippen LogP contribution in [0.15, 0.2) is 83.9 Å². The van der Waals surface area contributed by atoms with Gasteiger partial charge in [0, 0.05) is 22.6 Å². The first kappa shape index (κ1) is 19.7. The predicted octanol–water partition coefficient (Wildman–Crippen LogP) is 5.03. The minimum absolute atomic E-state index is 0.453. The van der Waals surface area contributed by atoms with E-state index in [0.29, 0.717) is 31.2 Å². The van der Waals surface area contributed by atoms with Gasteiger partial charge in [0.15, 0.2) is 5.82 Å². The van der Waals surface area contributed by atoms with E-state index in [4.69, 9.17) is 21.3 Å². The van der Waals surface area contributed by atoms with Crippen molar-refractivity contribution in [3.05, 3.63) is 112 Å². The largest absolute Gasteiger partial charge is 0.376 e. The fourth-order valence-corrected chi connectivity index (χ4v) is 3.97. The van der Waals surface area contributed by atoms with Crippen LogP contribution >= 0.6 is 11.6 Å². The molecule has 31 heavy (non-hydrogen) atoms. The van der Waals surface area contributed by atoms with Crippen molar-refractivity contribution in [1.82, 2.24) is 14.8 Å². The molecule has 0 N–H and O–H groups in total. The van der Waals surface area contributed by atoms with Crippen LogP contribution in [0.2, 0.25) is 5.02 Å². The second-order valence-corrected chi connectivity index (χ2v) is 7.78. The first-order valence-electron chi connectivity index (χ1n) is 10.2. The normalized spacial score (nSPS) is 12.6. The maximum atomic E-state index is 6.37. The van der Waals surface area contributed by atoms with Crippen molar-refractivity contribution in [2.24, 2.45) is 4.99 Å². The quantitative estimate of drug-likeness (QED) is 0.405. The number of hydrogen-bond donors (Lipinski definition) is 0. The molecule has 0 saturated carbocycles. The molecular formula is C25H21ClN4O. The monoisotopic (exact) mass is 428 g/mol. The number of halogens is 1. The van der Waals surface area contributed by atoms with Crippen molar-refractivity contribution < 1.29 is 4.74 Å². The highest BCUT2D eigenvalue weighted by molar-refractivity contribution is 6.31. The average Bonchev–Trinajstić information content (AvgIpc) is 3.13. The zero-order valence-electron chi connectivity index (χ0n) is 16.9. The molecule has 1 aromatic heterocycles. The fraction of sp³-hybridized carbons (Fsp3) is 0.160. The Hall–Kier alpha value is -3.28. The summed E-state index contributed by atoms with van der Waals surface area (Å²) in [7, 11) is 0. The Morgan fingerprint density at radius 2 is 1.68 bits per heavy atom. The Kier molecular flexibility index (Phi) is 5.61. The number of nitrogens with zero attached hydrogens (tertiary/aromatic N) is 4. The number of aliphatic imine (C=N–C) groups is 1. The number of benzene rings is 3. The minimum Gasteiger partial charge on any atom is -0.376 e. The zero-order valence-corrected chi connectivity index (χ0v) is 17.7. The Bertz CT molecular complexity index is 1220. The summed E-state index contributed by atoms with van der Waals surface area (Å²) in [6, 6.07) is 26.2. The molecule has 0 fully saturated rings. The molecule has 0 saturated heterocycles. The van der Waals surface area contributed by atoms with Crippen LogP contribution in [0.1, 0.15) is 28.3 Å². The van der Waals surface area contributed by atoms with Gasteiger partial charge in [-0.15, -0.1) is 10.2 Å². The van der Waals surface area contributed by atoms with Crippen LogP contribution in [0.3, 0.4) is 0 Å². The van der Waals surface area contributed by atoms with Crippen molar-refractivity contribution in [3.8, 4) is 5.69 Å². The maximum absolute atomic E-state index is 6.37. The zero-order chi connectivity index (χ0) is 21.0. The fourth-order valence-electron chi connectivity index (χ4n) is 3.79. The summed E-state index contributed by atoms with van der Waals surface area (Å²) in [4.78, 5) is 4.87. The molecule has 0 radical (unpaired) electrons. The summed E-state index contributed by atoms with van der Waals surface area (Å²) in [5.41, 5.74) is 5.09. The van der Waals surface area contributed by atoms with Gasteiger partial charge in [-0.3, -0.25) is 9.56 Å². The third kappa shape index (κ3) is 4.15. The van der Waals surface area contributed by atoms with Gasteiger partial charge in [-0.2, -0.15) is 0 Å². The lowest BCUT2D eigenvalue weighted by Gasteiger charge is -2.14. The van der Waals surface area contributed by atoms with Crippen LogP contribution < -0.4 is 0 Å². The third-order valence-corrected chi connectivity index (χ3v) is 5.49. The first-order chi connectivity index (χ1) is 15.3. The van der Waals surface area contributed by atoms with E-state index >= 15 is 0 Å². The highest BCUT2D eigenvalue weighted by Crippen LogP contribution is 2.28. The van der Waals surface area contributed by atoms with Gasteiger partial charge in [-0.1, -0.05) is 72.3 Å². The van der Waals surface area contributed by atoms with Crippen LogP contribution in [0.25, 0.3) is 5.69 Å². The lowest BCUT2D eigenvalue weighted by molar-refractivity contribution is 0.122. The molecule has 154 valence electrons. The van der Waals surface area contributed by atoms with Gasteiger partial charge in [0.25, 0.3) is 0 Å². The van der Waals surface area contributed by atoms with Crippen LogP contribution in [0.4, 0.5) is 0 Å². The molecule has 0 aliphatic carbocycles. The number of aromatic nitrogens is 3. The Morgan fingerprint density at radius 1 is 0.903 bits per heavy atom. The van der Waals surface area contributed by atoms with E-state index in [1.165, 1.54) is 0 Å². The minimum atomic E-state index is 0.453. The smallest absolute Gasteiger partial charge is 0.159 e. The molecule has 0 bridgehead atoms. The van der Waals surface area contributed by atoms with Crippen molar-refractivity contribution in [2.75, 3.05) is 6.61 Å². The van der Waals surface area contributed by atoms with Gasteiger partial charge >= 0.3 is 0 Å². The summed E-state index contributed by atoms with van der Waals surface area (Å²) in [6.07, 6.45) is 0.655. The summed E-state index contributed by atoms with van der Waals surface area (Å²) in [5, 5.41) is 9.53. The van der Waals surface area contributed by atoms with E-state index < -0.39 is 0 Å². The molecule has 1 aliphatic rings. The second-order valence-electron chi connectivity index (χ2n) is 7.35. The van der Waals surface area contributed by atoms with Gasteiger partial charge < -0.3 is 4.74 Å². The van der Waals surface area contributed by atoms with Gasteiger partial charge in [0.05, 0.1) is 24.6 Å². The molecule has 0 unspecified atom stereocenters. The average molecular weight is 429 g/mol. The Balaban J connectivity index is 1.43. The molecular weight excluding hydrogens is 408 g/mol. The van der Waals surface area contributed by atoms with Crippen LogP contribution in [-0.4, -0.2) is 27.1 Å². The van der Waals surface area contributed by atoms with Crippen molar-refractivity contribution in [2.45, 2.75) is 19.6 Å². The topological polar surface area (TPSA) is 52.3 Å². The van der Waals surface area contributed by atoms with E-state index in [2.05, 4.69) is 39.0 Å². The van der Waals surface area contributed by atoms with Gasteiger partial charge in [-0.05, 0) is 23.8 Å². The van der Waals surface area contributed by atoms with E-state index in [1.807, 2.05) is 54.6 Å². The number of ether oxygens (including phenoxy) is 1. The molecule has 4 aromatic rings. The lowest BCUT2D eigenvalue weighted by atomic mass is 10.0. The molecule has 0 atom stereocenters. The summed E-state index contributed by atoms with van der Waals surface area (Å²) < 4.78 is 7.98. The standard InChI is InChI=1S/C25H21ClN4O/c26-20-11-12-22-21(15-20)25(19-9-5-2-6-10-19)27-16-24-29-28-23(30(22)24)13-14-31-17-18-7-3-1-4-8-18/h1-12,15H,13-14,16-17H2. The first-order valence-corrected chi connectivity index (χ1v) is 10.6. The van der Waals surface area contributed by atoms with Gasteiger partial charge in [0.2, 0.25) is 0 Å². The predicted molar refractivity (Wildman–Crippen MR) is 122 cm³/mol.